The van der Waals surface area contributed by atoms with Crippen molar-refractivity contribution < 1.29 is 19.0 Å². The number of ether oxygens (including phenoxy) is 3. The van der Waals surface area contributed by atoms with E-state index in [0.29, 0.717) is 24.5 Å². The van der Waals surface area contributed by atoms with Crippen molar-refractivity contribution in [1.82, 2.24) is 15.2 Å². The van der Waals surface area contributed by atoms with E-state index < -0.39 is 0 Å². The molecule has 35 heavy (non-hydrogen) atoms. The highest BCUT2D eigenvalue weighted by Gasteiger charge is 2.26. The topological polar surface area (TPSA) is 75.8 Å². The molecule has 0 aliphatic carbocycles. The van der Waals surface area contributed by atoms with Gasteiger partial charge < -0.3 is 24.5 Å². The van der Waals surface area contributed by atoms with Gasteiger partial charge in [-0.25, -0.2) is 0 Å². The number of morpholine rings is 1. The second kappa shape index (κ2) is 12.1. The highest BCUT2D eigenvalue weighted by atomic mass is 16.5. The third-order valence-corrected chi connectivity index (χ3v) is 6.87. The summed E-state index contributed by atoms with van der Waals surface area (Å²) >= 11 is 0. The number of carbonyl (C=O) groups excluding carboxylic acids is 1. The van der Waals surface area contributed by atoms with Crippen LogP contribution >= 0.6 is 0 Å². The van der Waals surface area contributed by atoms with Gasteiger partial charge in [0.05, 0.1) is 27.4 Å². The fraction of sp³-hybridized carbons (Fsp3) is 0.464. The number of hydrogen-bond donors (Lipinski definition) is 2. The molecule has 1 amide bonds. The van der Waals surface area contributed by atoms with Crippen molar-refractivity contribution in [1.29, 1.82) is 0 Å². The van der Waals surface area contributed by atoms with Gasteiger partial charge in [-0.15, -0.1) is 0 Å². The first kappa shape index (κ1) is 25.1. The second-order valence-electron chi connectivity index (χ2n) is 8.93. The van der Waals surface area contributed by atoms with E-state index in [9.17, 15) is 4.79 Å². The van der Waals surface area contributed by atoms with E-state index in [0.717, 1.165) is 67.7 Å². The van der Waals surface area contributed by atoms with Crippen LogP contribution in [0.15, 0.2) is 42.6 Å². The van der Waals surface area contributed by atoms with Crippen molar-refractivity contribution in [3.63, 3.8) is 0 Å². The van der Waals surface area contributed by atoms with Crippen LogP contribution in [0.1, 0.15) is 42.4 Å². The first-order valence-electron chi connectivity index (χ1n) is 12.5. The number of nitrogens with zero attached hydrogens (tertiary/aromatic N) is 1. The Bertz CT molecular complexity index is 1120. The number of aromatic amines is 1. The first-order valence-corrected chi connectivity index (χ1v) is 12.5. The summed E-state index contributed by atoms with van der Waals surface area (Å²) in [5, 5.41) is 4.28. The minimum Gasteiger partial charge on any atom is -0.493 e. The van der Waals surface area contributed by atoms with E-state index in [1.165, 1.54) is 5.56 Å². The van der Waals surface area contributed by atoms with Gasteiger partial charge in [0, 0.05) is 54.6 Å². The van der Waals surface area contributed by atoms with E-state index in [1.807, 2.05) is 24.4 Å². The molecule has 1 aromatic heterocycles. The predicted octanol–water partition coefficient (Wildman–Crippen LogP) is 4.11. The normalized spacial score (nSPS) is 15.2. The van der Waals surface area contributed by atoms with Crippen molar-refractivity contribution in [2.45, 2.75) is 32.1 Å². The quantitative estimate of drug-likeness (QED) is 0.405. The molecule has 1 unspecified atom stereocenters. The van der Waals surface area contributed by atoms with Gasteiger partial charge in [0.25, 0.3) is 0 Å². The largest absolute Gasteiger partial charge is 0.493 e. The Morgan fingerprint density at radius 3 is 2.66 bits per heavy atom. The smallest absolute Gasteiger partial charge is 0.220 e. The highest BCUT2D eigenvalue weighted by Crippen LogP contribution is 2.42. The van der Waals surface area contributed by atoms with Crippen LogP contribution in [0.5, 0.6) is 11.5 Å². The van der Waals surface area contributed by atoms with Crippen LogP contribution in [0.2, 0.25) is 0 Å². The molecule has 2 heterocycles. The molecule has 0 saturated carbocycles. The maximum absolute atomic E-state index is 13.2. The SMILES string of the molecule is CCc1cccc2c(C(CC(=O)NCCCN3CCOCC3)c3cccc(OC)c3OC)c[nH]c12. The molecule has 0 bridgehead atoms. The van der Waals surface area contributed by atoms with Crippen molar-refractivity contribution in [3.05, 3.63) is 59.3 Å². The monoisotopic (exact) mass is 479 g/mol. The Hall–Kier alpha value is -3.03. The zero-order valence-corrected chi connectivity index (χ0v) is 21.1. The van der Waals surface area contributed by atoms with Gasteiger partial charge in [-0.05, 0) is 36.6 Å². The molecule has 2 aromatic carbocycles. The summed E-state index contributed by atoms with van der Waals surface area (Å²) in [5.74, 6) is 1.18. The maximum atomic E-state index is 13.2. The lowest BCUT2D eigenvalue weighted by atomic mass is 9.86. The summed E-state index contributed by atoms with van der Waals surface area (Å²) in [6.45, 7) is 7.30. The minimum atomic E-state index is -0.180. The number of aromatic nitrogens is 1. The molecular formula is C28H37N3O4. The Morgan fingerprint density at radius 1 is 1.11 bits per heavy atom. The van der Waals surface area contributed by atoms with E-state index >= 15 is 0 Å². The summed E-state index contributed by atoms with van der Waals surface area (Å²) in [6, 6.07) is 12.2. The van der Waals surface area contributed by atoms with Gasteiger partial charge in [-0.2, -0.15) is 0 Å². The average molecular weight is 480 g/mol. The number of nitrogens with one attached hydrogen (secondary N) is 2. The Morgan fingerprint density at radius 2 is 1.91 bits per heavy atom. The number of hydrogen-bond acceptors (Lipinski definition) is 5. The molecule has 3 aromatic rings. The van der Waals surface area contributed by atoms with Gasteiger partial charge in [-0.3, -0.25) is 9.69 Å². The number of aryl methyl sites for hydroxylation is 1. The van der Waals surface area contributed by atoms with Crippen molar-refractivity contribution in [2.24, 2.45) is 0 Å². The first-order chi connectivity index (χ1) is 17.2. The van der Waals surface area contributed by atoms with E-state index in [4.69, 9.17) is 14.2 Å². The minimum absolute atomic E-state index is 0.0304. The summed E-state index contributed by atoms with van der Waals surface area (Å²) < 4.78 is 16.7. The van der Waals surface area contributed by atoms with Crippen LogP contribution in [0, 0.1) is 0 Å². The molecule has 188 valence electrons. The van der Waals surface area contributed by atoms with Gasteiger partial charge in [0.15, 0.2) is 11.5 Å². The lowest BCUT2D eigenvalue weighted by molar-refractivity contribution is -0.121. The van der Waals surface area contributed by atoms with Crippen molar-refractivity contribution in [3.8, 4) is 11.5 Å². The molecule has 4 rings (SSSR count). The molecule has 7 nitrogen and oxygen atoms in total. The van der Waals surface area contributed by atoms with Crippen LogP contribution in [-0.2, 0) is 16.0 Å². The lowest BCUT2D eigenvalue weighted by Gasteiger charge is -2.26. The number of para-hydroxylation sites is 2. The maximum Gasteiger partial charge on any atom is 0.220 e. The number of amides is 1. The Balaban J connectivity index is 1.56. The zero-order valence-electron chi connectivity index (χ0n) is 21.1. The van der Waals surface area contributed by atoms with Gasteiger partial charge in [0.2, 0.25) is 5.91 Å². The lowest BCUT2D eigenvalue weighted by Crippen LogP contribution is -2.38. The standard InChI is InChI=1S/C28H37N3O4/c1-4-20-8-5-9-21-24(19-30-27(20)21)23(22-10-6-11-25(33-2)28(22)34-3)18-26(32)29-12-7-13-31-14-16-35-17-15-31/h5-6,8-11,19,23,30H,4,7,12-18H2,1-3H3,(H,29,32). The number of rotatable bonds is 11. The summed E-state index contributed by atoms with van der Waals surface area (Å²) in [7, 11) is 3.28. The summed E-state index contributed by atoms with van der Waals surface area (Å²) in [4.78, 5) is 19.0. The van der Waals surface area contributed by atoms with Crippen LogP contribution in [0.4, 0.5) is 0 Å². The highest BCUT2D eigenvalue weighted by molar-refractivity contribution is 5.88. The second-order valence-corrected chi connectivity index (χ2v) is 8.93. The molecule has 7 heteroatoms. The van der Waals surface area contributed by atoms with Crippen LogP contribution in [0.3, 0.4) is 0 Å². The van der Waals surface area contributed by atoms with Crippen LogP contribution < -0.4 is 14.8 Å². The Labute approximate surface area is 207 Å². The fourth-order valence-electron chi connectivity index (χ4n) is 5.01. The molecule has 1 saturated heterocycles. The molecule has 1 aliphatic heterocycles. The average Bonchev–Trinajstić information content (AvgIpc) is 3.34. The van der Waals surface area contributed by atoms with Gasteiger partial charge in [-0.1, -0.05) is 37.3 Å². The molecule has 1 atom stereocenters. The summed E-state index contributed by atoms with van der Waals surface area (Å²) in [5.41, 5.74) is 4.42. The number of carbonyl (C=O) groups is 1. The van der Waals surface area contributed by atoms with E-state index in [-0.39, 0.29) is 11.8 Å². The predicted molar refractivity (Wildman–Crippen MR) is 139 cm³/mol. The number of H-pyrrole nitrogens is 1. The molecule has 1 aliphatic rings. The number of fused-ring (bicyclic) bond motifs is 1. The van der Waals surface area contributed by atoms with Crippen LogP contribution in [0.25, 0.3) is 10.9 Å². The van der Waals surface area contributed by atoms with Crippen molar-refractivity contribution >= 4 is 16.8 Å². The molecular weight excluding hydrogens is 442 g/mol. The van der Waals surface area contributed by atoms with Gasteiger partial charge >= 0.3 is 0 Å². The van der Waals surface area contributed by atoms with Gasteiger partial charge in [0.1, 0.15) is 0 Å². The zero-order chi connectivity index (χ0) is 24.6. The van der Waals surface area contributed by atoms with Crippen LogP contribution in [-0.4, -0.2) is 69.4 Å². The summed E-state index contributed by atoms with van der Waals surface area (Å²) in [6.07, 6.45) is 4.23. The van der Waals surface area contributed by atoms with E-state index in [2.05, 4.69) is 40.3 Å². The third kappa shape index (κ3) is 5.80. The fourth-order valence-corrected chi connectivity index (χ4v) is 5.01. The molecule has 2 N–H and O–H groups in total. The molecule has 0 radical (unpaired) electrons. The van der Waals surface area contributed by atoms with E-state index in [1.54, 1.807) is 14.2 Å². The molecule has 0 spiro atoms. The molecule has 1 fully saturated rings. The number of methoxy groups -OCH3 is 2. The Kier molecular flexibility index (Phi) is 8.66. The third-order valence-electron chi connectivity index (χ3n) is 6.87. The van der Waals surface area contributed by atoms with Crippen molar-refractivity contribution in [2.75, 3.05) is 53.6 Å². The number of benzene rings is 2.